The van der Waals surface area contributed by atoms with Gasteiger partial charge in [-0.15, -0.1) is 11.6 Å². The quantitative estimate of drug-likeness (QED) is 0.591. The minimum absolute atomic E-state index is 0.269. The van der Waals surface area contributed by atoms with Gasteiger partial charge in [0.05, 0.1) is 15.8 Å². The second-order valence-electron chi connectivity index (χ2n) is 6.24. The molecule has 0 aliphatic carbocycles. The topological polar surface area (TPSA) is 39.1 Å². The fourth-order valence-electron chi connectivity index (χ4n) is 2.83. The van der Waals surface area contributed by atoms with Gasteiger partial charge in [-0.05, 0) is 42.2 Å². The van der Waals surface area contributed by atoms with Gasteiger partial charge in [-0.2, -0.15) is 0 Å². The third-order valence-corrected chi connectivity index (χ3v) is 6.16. The van der Waals surface area contributed by atoms with Crippen molar-refractivity contribution in [2.75, 3.05) is 0 Å². The Bertz CT molecular complexity index is 970. The Labute approximate surface area is 147 Å². The molecule has 0 N–H and O–H groups in total. The van der Waals surface area contributed by atoms with Crippen LogP contribution in [-0.4, -0.2) is 12.4 Å². The van der Waals surface area contributed by atoms with E-state index in [1.807, 2.05) is 37.3 Å². The molecule has 1 heterocycles. The highest BCUT2D eigenvalue weighted by Crippen LogP contribution is 2.32. The van der Waals surface area contributed by atoms with Crippen molar-refractivity contribution >= 4 is 32.5 Å². The van der Waals surface area contributed by atoms with Gasteiger partial charge in [-0.3, -0.25) is 0 Å². The lowest BCUT2D eigenvalue weighted by Crippen LogP contribution is -2.12. The van der Waals surface area contributed by atoms with Gasteiger partial charge >= 0.3 is 0 Å². The lowest BCUT2D eigenvalue weighted by atomic mass is 10.0. The zero-order valence-corrected chi connectivity index (χ0v) is 15.5. The lowest BCUT2D eigenvalue weighted by Gasteiger charge is -2.10. The number of hydrogen-bond acceptors (Lipinski definition) is 2. The average Bonchev–Trinajstić information content (AvgIpc) is 2.95. The molecular formula is C19H20ClNO2S. The van der Waals surface area contributed by atoms with Crippen LogP contribution >= 0.6 is 11.6 Å². The summed E-state index contributed by atoms with van der Waals surface area (Å²) in [5, 5.41) is 0.594. The molecule has 1 atom stereocenters. The molecule has 5 heteroatoms. The summed E-state index contributed by atoms with van der Waals surface area (Å²) < 4.78 is 27.5. The van der Waals surface area contributed by atoms with E-state index in [1.54, 1.807) is 24.4 Å². The minimum Gasteiger partial charge on any atom is -0.241 e. The minimum atomic E-state index is -3.66. The third kappa shape index (κ3) is 2.85. The summed E-state index contributed by atoms with van der Waals surface area (Å²) in [6.45, 7) is 6.01. The summed E-state index contributed by atoms with van der Waals surface area (Å²) in [5.74, 6) is 0.359. The first-order valence-electron chi connectivity index (χ1n) is 7.92. The number of rotatable bonds is 4. The van der Waals surface area contributed by atoms with Crippen molar-refractivity contribution in [3.8, 4) is 0 Å². The van der Waals surface area contributed by atoms with E-state index in [0.717, 1.165) is 16.5 Å². The van der Waals surface area contributed by atoms with Crippen LogP contribution in [0.3, 0.4) is 0 Å². The zero-order chi connectivity index (χ0) is 17.5. The maximum atomic E-state index is 13.1. The first-order chi connectivity index (χ1) is 11.3. The normalized spacial score (nSPS) is 13.5. The summed E-state index contributed by atoms with van der Waals surface area (Å²) in [6, 6.07) is 14.5. The first kappa shape index (κ1) is 17.1. The lowest BCUT2D eigenvalue weighted by molar-refractivity contribution is 0.589. The Morgan fingerprint density at radius 3 is 2.17 bits per heavy atom. The molecule has 3 aromatic rings. The van der Waals surface area contributed by atoms with Crippen LogP contribution in [0, 0.1) is 0 Å². The SMILES string of the molecule is CC(C)c1ccc(S(=O)(=O)n2cc(C(C)Cl)c3ccccc32)cc1. The Hall–Kier alpha value is -1.78. The molecule has 0 spiro atoms. The highest BCUT2D eigenvalue weighted by Gasteiger charge is 2.22. The Balaban J connectivity index is 2.18. The van der Waals surface area contributed by atoms with Crippen LogP contribution in [0.4, 0.5) is 0 Å². The van der Waals surface area contributed by atoms with E-state index in [-0.39, 0.29) is 10.3 Å². The summed E-state index contributed by atoms with van der Waals surface area (Å²) in [5.41, 5.74) is 2.57. The molecule has 1 aromatic heterocycles. The van der Waals surface area contributed by atoms with Crippen molar-refractivity contribution in [1.82, 2.24) is 3.97 Å². The molecule has 0 aliphatic rings. The molecule has 24 heavy (non-hydrogen) atoms. The zero-order valence-electron chi connectivity index (χ0n) is 13.9. The van der Waals surface area contributed by atoms with E-state index in [0.29, 0.717) is 11.4 Å². The van der Waals surface area contributed by atoms with Crippen molar-refractivity contribution in [2.45, 2.75) is 37.0 Å². The van der Waals surface area contributed by atoms with Crippen LogP contribution < -0.4 is 0 Å². The third-order valence-electron chi connectivity index (χ3n) is 4.24. The van der Waals surface area contributed by atoms with E-state index in [2.05, 4.69) is 13.8 Å². The largest absolute Gasteiger partial charge is 0.268 e. The van der Waals surface area contributed by atoms with Crippen molar-refractivity contribution in [3.63, 3.8) is 0 Å². The van der Waals surface area contributed by atoms with Crippen LogP contribution in [0.15, 0.2) is 59.6 Å². The van der Waals surface area contributed by atoms with Gasteiger partial charge in [0, 0.05) is 11.6 Å². The molecule has 0 amide bonds. The number of nitrogens with zero attached hydrogens (tertiary/aromatic N) is 1. The molecule has 0 fully saturated rings. The number of para-hydroxylation sites is 1. The number of hydrogen-bond donors (Lipinski definition) is 0. The molecule has 0 saturated heterocycles. The van der Waals surface area contributed by atoms with E-state index >= 15 is 0 Å². The Morgan fingerprint density at radius 1 is 0.958 bits per heavy atom. The number of halogens is 1. The van der Waals surface area contributed by atoms with E-state index in [1.165, 1.54) is 3.97 Å². The van der Waals surface area contributed by atoms with Gasteiger partial charge in [0.25, 0.3) is 10.0 Å². The molecular weight excluding hydrogens is 342 g/mol. The standard InChI is InChI=1S/C19H20ClNO2S/c1-13(2)15-8-10-16(11-9-15)24(22,23)21-12-18(14(3)20)17-6-4-5-7-19(17)21/h4-14H,1-3H3. The Kier molecular flexibility index (Phi) is 4.45. The van der Waals surface area contributed by atoms with Gasteiger partial charge in [-0.25, -0.2) is 12.4 Å². The van der Waals surface area contributed by atoms with Crippen molar-refractivity contribution in [2.24, 2.45) is 0 Å². The maximum Gasteiger partial charge on any atom is 0.268 e. The van der Waals surface area contributed by atoms with Gasteiger partial charge in [0.2, 0.25) is 0 Å². The van der Waals surface area contributed by atoms with Crippen molar-refractivity contribution in [1.29, 1.82) is 0 Å². The fourth-order valence-corrected chi connectivity index (χ4v) is 4.38. The highest BCUT2D eigenvalue weighted by molar-refractivity contribution is 7.90. The maximum absolute atomic E-state index is 13.1. The molecule has 3 rings (SSSR count). The number of alkyl halides is 1. The molecule has 0 bridgehead atoms. The van der Waals surface area contributed by atoms with Gasteiger partial charge in [0.15, 0.2) is 0 Å². The average molecular weight is 362 g/mol. The summed E-state index contributed by atoms with van der Waals surface area (Å²) in [4.78, 5) is 0.279. The van der Waals surface area contributed by atoms with E-state index in [9.17, 15) is 8.42 Å². The van der Waals surface area contributed by atoms with E-state index < -0.39 is 10.0 Å². The Morgan fingerprint density at radius 2 is 1.58 bits per heavy atom. The van der Waals surface area contributed by atoms with Gasteiger partial charge < -0.3 is 0 Å². The molecule has 1 unspecified atom stereocenters. The molecule has 3 nitrogen and oxygen atoms in total. The molecule has 126 valence electrons. The summed E-state index contributed by atoms with van der Waals surface area (Å²) in [6.07, 6.45) is 1.63. The summed E-state index contributed by atoms with van der Waals surface area (Å²) >= 11 is 6.24. The van der Waals surface area contributed by atoms with Crippen LogP contribution in [0.25, 0.3) is 10.9 Å². The van der Waals surface area contributed by atoms with Gasteiger partial charge in [0.1, 0.15) is 0 Å². The van der Waals surface area contributed by atoms with Crippen LogP contribution in [0.1, 0.15) is 43.2 Å². The van der Waals surface area contributed by atoms with Crippen LogP contribution in [0.5, 0.6) is 0 Å². The fraction of sp³-hybridized carbons (Fsp3) is 0.263. The predicted octanol–water partition coefficient (Wildman–Crippen LogP) is 5.30. The second kappa shape index (κ2) is 6.26. The first-order valence-corrected chi connectivity index (χ1v) is 9.79. The van der Waals surface area contributed by atoms with Crippen LogP contribution in [-0.2, 0) is 10.0 Å². The summed E-state index contributed by atoms with van der Waals surface area (Å²) in [7, 11) is -3.66. The number of aromatic nitrogens is 1. The molecule has 0 aliphatic heterocycles. The predicted molar refractivity (Wildman–Crippen MR) is 99.3 cm³/mol. The van der Waals surface area contributed by atoms with Gasteiger partial charge in [-0.1, -0.05) is 44.2 Å². The molecule has 2 aromatic carbocycles. The number of fused-ring (bicyclic) bond motifs is 1. The molecule has 0 radical (unpaired) electrons. The highest BCUT2D eigenvalue weighted by atomic mass is 35.5. The molecule has 0 saturated carbocycles. The monoisotopic (exact) mass is 361 g/mol. The van der Waals surface area contributed by atoms with Crippen molar-refractivity contribution < 1.29 is 8.42 Å². The smallest absolute Gasteiger partial charge is 0.241 e. The number of benzene rings is 2. The second-order valence-corrected chi connectivity index (χ2v) is 8.71. The van der Waals surface area contributed by atoms with Crippen molar-refractivity contribution in [3.05, 3.63) is 65.9 Å². The van der Waals surface area contributed by atoms with Crippen LogP contribution in [0.2, 0.25) is 0 Å². The van der Waals surface area contributed by atoms with E-state index in [4.69, 9.17) is 11.6 Å².